The van der Waals surface area contributed by atoms with Crippen molar-refractivity contribution >= 4 is 17.6 Å². The molecule has 0 atom stereocenters. The van der Waals surface area contributed by atoms with Crippen LogP contribution in [0.5, 0.6) is 0 Å². The van der Waals surface area contributed by atoms with E-state index >= 15 is 0 Å². The Labute approximate surface area is 146 Å². The molecule has 2 aromatic heterocycles. The first-order valence-corrected chi connectivity index (χ1v) is 8.84. The summed E-state index contributed by atoms with van der Waals surface area (Å²) in [6.07, 6.45) is 7.86. The third-order valence-corrected chi connectivity index (χ3v) is 4.81. The van der Waals surface area contributed by atoms with E-state index in [-0.39, 0.29) is 0 Å². The van der Waals surface area contributed by atoms with Gasteiger partial charge in [-0.2, -0.15) is 0 Å². The molecule has 8 heteroatoms. The highest BCUT2D eigenvalue weighted by Gasteiger charge is 2.21. The van der Waals surface area contributed by atoms with Crippen molar-refractivity contribution in [2.75, 3.05) is 54.0 Å². The zero-order valence-electron chi connectivity index (χ0n) is 14.2. The molecular formula is C17H22FN7. The zero-order valence-corrected chi connectivity index (χ0v) is 14.2. The van der Waals surface area contributed by atoms with Gasteiger partial charge in [0.1, 0.15) is 18.0 Å². The topological polar surface area (TPSA) is 61.3 Å². The lowest BCUT2D eigenvalue weighted by Gasteiger charge is -2.35. The highest BCUT2D eigenvalue weighted by atomic mass is 19.1. The fourth-order valence-corrected chi connectivity index (χ4v) is 3.41. The lowest BCUT2D eigenvalue weighted by molar-refractivity contribution is 0.572. The highest BCUT2D eigenvalue weighted by molar-refractivity contribution is 5.51. The summed E-state index contributed by atoms with van der Waals surface area (Å²) in [5.74, 6) is 2.16. The maximum absolute atomic E-state index is 13.0. The van der Waals surface area contributed by atoms with Gasteiger partial charge in [-0.15, -0.1) is 0 Å². The van der Waals surface area contributed by atoms with Gasteiger partial charge in [0.05, 0.1) is 12.4 Å². The molecule has 2 saturated heterocycles. The fraction of sp³-hybridized carbons (Fsp3) is 0.529. The van der Waals surface area contributed by atoms with E-state index in [4.69, 9.17) is 0 Å². The first-order valence-electron chi connectivity index (χ1n) is 8.84. The third-order valence-electron chi connectivity index (χ3n) is 4.81. The van der Waals surface area contributed by atoms with Crippen molar-refractivity contribution in [3.63, 3.8) is 0 Å². The monoisotopic (exact) mass is 343 g/mol. The number of piperazine rings is 1. The number of hydrogen-bond acceptors (Lipinski definition) is 7. The second-order valence-corrected chi connectivity index (χ2v) is 6.46. The summed E-state index contributed by atoms with van der Waals surface area (Å²) < 4.78 is 13.0. The molecule has 0 bridgehead atoms. The Bertz CT molecular complexity index is 694. The Morgan fingerprint density at radius 1 is 0.680 bits per heavy atom. The van der Waals surface area contributed by atoms with E-state index in [1.165, 1.54) is 31.7 Å². The van der Waals surface area contributed by atoms with Gasteiger partial charge in [-0.25, -0.2) is 24.3 Å². The van der Waals surface area contributed by atoms with Crippen LogP contribution in [0.25, 0.3) is 0 Å². The molecular weight excluding hydrogens is 321 g/mol. The lowest BCUT2D eigenvalue weighted by atomic mass is 10.1. The van der Waals surface area contributed by atoms with E-state index < -0.39 is 5.82 Å². The smallest absolute Gasteiger partial charge is 0.225 e. The van der Waals surface area contributed by atoms with E-state index in [2.05, 4.69) is 40.7 Å². The number of rotatable bonds is 3. The van der Waals surface area contributed by atoms with Crippen molar-refractivity contribution in [3.8, 4) is 0 Å². The van der Waals surface area contributed by atoms with Crippen LogP contribution in [0.3, 0.4) is 0 Å². The maximum Gasteiger partial charge on any atom is 0.225 e. The van der Waals surface area contributed by atoms with E-state index in [1.807, 2.05) is 0 Å². The Morgan fingerprint density at radius 3 is 1.88 bits per heavy atom. The van der Waals surface area contributed by atoms with Crippen molar-refractivity contribution in [1.29, 1.82) is 0 Å². The molecule has 132 valence electrons. The van der Waals surface area contributed by atoms with Crippen LogP contribution in [0.1, 0.15) is 19.3 Å². The van der Waals surface area contributed by atoms with Crippen LogP contribution in [0.4, 0.5) is 22.0 Å². The average molecular weight is 343 g/mol. The number of nitrogens with zero attached hydrogens (tertiary/aromatic N) is 7. The fourth-order valence-electron chi connectivity index (χ4n) is 3.41. The Morgan fingerprint density at radius 2 is 1.24 bits per heavy atom. The van der Waals surface area contributed by atoms with Gasteiger partial charge in [0.15, 0.2) is 5.82 Å². The van der Waals surface area contributed by atoms with Crippen LogP contribution in [-0.4, -0.2) is 59.2 Å². The van der Waals surface area contributed by atoms with Crippen molar-refractivity contribution < 1.29 is 4.39 Å². The summed E-state index contributed by atoms with van der Waals surface area (Å²) >= 11 is 0. The van der Waals surface area contributed by atoms with E-state index in [0.29, 0.717) is 5.95 Å². The summed E-state index contributed by atoms with van der Waals surface area (Å²) in [5.41, 5.74) is 0. The van der Waals surface area contributed by atoms with Crippen LogP contribution in [0, 0.1) is 5.82 Å². The molecule has 4 rings (SSSR count). The molecule has 2 aromatic rings. The number of hydrogen-bond donors (Lipinski definition) is 0. The zero-order chi connectivity index (χ0) is 17.1. The lowest BCUT2D eigenvalue weighted by Crippen LogP contribution is -2.47. The van der Waals surface area contributed by atoms with Gasteiger partial charge in [0.2, 0.25) is 5.95 Å². The molecule has 0 spiro atoms. The quantitative estimate of drug-likeness (QED) is 0.841. The minimum Gasteiger partial charge on any atom is -0.356 e. The highest BCUT2D eigenvalue weighted by Crippen LogP contribution is 2.22. The number of aromatic nitrogens is 4. The predicted octanol–water partition coefficient (Wildman–Crippen LogP) is 1.72. The minimum absolute atomic E-state index is 0.409. The normalized spacial score (nSPS) is 18.5. The standard InChI is InChI=1S/C17H22FN7/c18-14-11-19-17(20-12-14)25-8-6-24(7-9-25)16-10-15(21-13-22-16)23-4-2-1-3-5-23/h10-13H,1-9H2. The molecule has 0 N–H and O–H groups in total. The van der Waals surface area contributed by atoms with Crippen LogP contribution in [0.2, 0.25) is 0 Å². The van der Waals surface area contributed by atoms with E-state index in [1.54, 1.807) is 6.33 Å². The minimum atomic E-state index is -0.409. The Kier molecular flexibility index (Phi) is 4.58. The summed E-state index contributed by atoms with van der Waals surface area (Å²) in [6.45, 7) is 5.38. The number of anilines is 3. The van der Waals surface area contributed by atoms with E-state index in [9.17, 15) is 4.39 Å². The van der Waals surface area contributed by atoms with Gasteiger partial charge in [-0.1, -0.05) is 0 Å². The van der Waals surface area contributed by atoms with Crippen molar-refractivity contribution in [2.45, 2.75) is 19.3 Å². The van der Waals surface area contributed by atoms with Crippen LogP contribution < -0.4 is 14.7 Å². The molecule has 0 aromatic carbocycles. The first-order chi connectivity index (χ1) is 12.3. The number of halogens is 1. The van der Waals surface area contributed by atoms with E-state index in [0.717, 1.165) is 50.9 Å². The van der Waals surface area contributed by atoms with Gasteiger partial charge in [0, 0.05) is 45.3 Å². The van der Waals surface area contributed by atoms with Gasteiger partial charge in [0.25, 0.3) is 0 Å². The maximum atomic E-state index is 13.0. The SMILES string of the molecule is Fc1cnc(N2CCN(c3cc(N4CCCCC4)ncn3)CC2)nc1. The average Bonchev–Trinajstić information content (AvgIpc) is 2.70. The molecule has 2 aliphatic rings. The molecule has 25 heavy (non-hydrogen) atoms. The first kappa shape index (κ1) is 16.0. The molecule has 4 heterocycles. The predicted molar refractivity (Wildman–Crippen MR) is 94.5 cm³/mol. The van der Waals surface area contributed by atoms with Crippen molar-refractivity contribution in [1.82, 2.24) is 19.9 Å². The molecule has 0 amide bonds. The van der Waals surface area contributed by atoms with Gasteiger partial charge in [-0.05, 0) is 19.3 Å². The molecule has 2 fully saturated rings. The van der Waals surface area contributed by atoms with Gasteiger partial charge < -0.3 is 14.7 Å². The van der Waals surface area contributed by atoms with Crippen LogP contribution in [0.15, 0.2) is 24.8 Å². The largest absolute Gasteiger partial charge is 0.356 e. The molecule has 0 aliphatic carbocycles. The van der Waals surface area contributed by atoms with Crippen LogP contribution in [-0.2, 0) is 0 Å². The summed E-state index contributed by atoms with van der Waals surface area (Å²) in [5, 5.41) is 0. The summed E-state index contributed by atoms with van der Waals surface area (Å²) in [4.78, 5) is 23.7. The molecule has 0 unspecified atom stereocenters. The molecule has 2 aliphatic heterocycles. The Balaban J connectivity index is 1.41. The Hall–Kier alpha value is -2.51. The third kappa shape index (κ3) is 3.62. The van der Waals surface area contributed by atoms with Crippen molar-refractivity contribution in [3.05, 3.63) is 30.6 Å². The molecule has 0 radical (unpaired) electrons. The summed E-state index contributed by atoms with van der Waals surface area (Å²) in [7, 11) is 0. The number of piperidine rings is 1. The molecule has 7 nitrogen and oxygen atoms in total. The van der Waals surface area contributed by atoms with Gasteiger partial charge in [-0.3, -0.25) is 0 Å². The summed E-state index contributed by atoms with van der Waals surface area (Å²) in [6, 6.07) is 2.09. The van der Waals surface area contributed by atoms with Crippen LogP contribution >= 0.6 is 0 Å². The van der Waals surface area contributed by atoms with Gasteiger partial charge >= 0.3 is 0 Å². The second-order valence-electron chi connectivity index (χ2n) is 6.46. The second kappa shape index (κ2) is 7.16. The van der Waals surface area contributed by atoms with Crippen molar-refractivity contribution in [2.24, 2.45) is 0 Å². The molecule has 0 saturated carbocycles.